The highest BCUT2D eigenvalue weighted by molar-refractivity contribution is 7.89. The lowest BCUT2D eigenvalue weighted by Crippen LogP contribution is -2.40. The number of carbonyl (C=O) groups excluding carboxylic acids is 1. The van der Waals surface area contributed by atoms with Gasteiger partial charge in [-0.05, 0) is 37.3 Å². The Hall–Kier alpha value is -2.82. The number of nitrogens with zero attached hydrogens (tertiary/aromatic N) is 2. The molecule has 28 heavy (non-hydrogen) atoms. The van der Waals surface area contributed by atoms with E-state index >= 15 is 0 Å². The lowest BCUT2D eigenvalue weighted by molar-refractivity contribution is -0.385. The lowest BCUT2D eigenvalue weighted by atomic mass is 10.1. The van der Waals surface area contributed by atoms with Crippen LogP contribution < -0.4 is 5.32 Å². The van der Waals surface area contributed by atoms with Crippen LogP contribution in [0.25, 0.3) is 0 Å². The number of carbonyl (C=O) groups is 1. The fourth-order valence-corrected chi connectivity index (χ4v) is 4.20. The van der Waals surface area contributed by atoms with Gasteiger partial charge in [-0.1, -0.05) is 6.07 Å². The molecule has 3 rings (SSSR count). The molecule has 148 valence electrons. The number of amides is 1. The Morgan fingerprint density at radius 1 is 1.14 bits per heavy atom. The molecule has 1 fully saturated rings. The summed E-state index contributed by atoms with van der Waals surface area (Å²) in [5, 5.41) is 13.6. The van der Waals surface area contributed by atoms with Crippen molar-refractivity contribution in [3.05, 3.63) is 63.7 Å². The van der Waals surface area contributed by atoms with Crippen LogP contribution in [0.5, 0.6) is 0 Å². The first kappa shape index (κ1) is 19.9. The summed E-state index contributed by atoms with van der Waals surface area (Å²) in [7, 11) is -3.61. The van der Waals surface area contributed by atoms with Crippen molar-refractivity contribution in [3.63, 3.8) is 0 Å². The number of nitro benzene ring substituents is 1. The van der Waals surface area contributed by atoms with E-state index in [1.807, 2.05) is 0 Å². The minimum atomic E-state index is -3.61. The maximum atomic E-state index is 12.6. The molecule has 2 aromatic rings. The number of rotatable bonds is 5. The van der Waals surface area contributed by atoms with Gasteiger partial charge in [0.1, 0.15) is 0 Å². The van der Waals surface area contributed by atoms with Crippen molar-refractivity contribution in [2.24, 2.45) is 0 Å². The second-order valence-corrected chi connectivity index (χ2v) is 8.19. The largest absolute Gasteiger partial charge is 0.379 e. The normalized spacial score (nSPS) is 15.2. The van der Waals surface area contributed by atoms with Gasteiger partial charge in [-0.3, -0.25) is 14.9 Å². The molecule has 0 saturated carbocycles. The summed E-state index contributed by atoms with van der Waals surface area (Å²) in [5.74, 6) is -0.521. The maximum absolute atomic E-state index is 12.6. The molecule has 0 aliphatic carbocycles. The zero-order valence-electron chi connectivity index (χ0n) is 15.1. The molecule has 0 spiro atoms. The minimum absolute atomic E-state index is 0.123. The predicted molar refractivity (Wildman–Crippen MR) is 102 cm³/mol. The number of nitro groups is 1. The van der Waals surface area contributed by atoms with E-state index in [4.69, 9.17) is 4.74 Å². The van der Waals surface area contributed by atoms with Crippen molar-refractivity contribution < 1.29 is 22.9 Å². The Bertz CT molecular complexity index is 998. The van der Waals surface area contributed by atoms with Crippen LogP contribution in [0.4, 0.5) is 11.4 Å². The molecule has 0 bridgehead atoms. The average molecular weight is 405 g/mol. The number of nitrogens with one attached hydrogen (secondary N) is 1. The molecule has 0 aromatic heterocycles. The molecule has 0 atom stereocenters. The van der Waals surface area contributed by atoms with E-state index in [0.717, 1.165) is 0 Å². The molecule has 2 aromatic carbocycles. The van der Waals surface area contributed by atoms with Crippen LogP contribution in [-0.2, 0) is 14.8 Å². The highest BCUT2D eigenvalue weighted by atomic mass is 32.2. The van der Waals surface area contributed by atoms with Gasteiger partial charge in [-0.25, -0.2) is 8.42 Å². The van der Waals surface area contributed by atoms with Gasteiger partial charge in [0.05, 0.1) is 23.0 Å². The Balaban J connectivity index is 1.74. The molecule has 0 unspecified atom stereocenters. The molecule has 10 heteroatoms. The molecule has 1 aliphatic heterocycles. The first-order valence-electron chi connectivity index (χ1n) is 8.53. The first-order chi connectivity index (χ1) is 13.3. The predicted octanol–water partition coefficient (Wildman–Crippen LogP) is 2.18. The summed E-state index contributed by atoms with van der Waals surface area (Å²) >= 11 is 0. The first-order valence-corrected chi connectivity index (χ1v) is 9.97. The summed E-state index contributed by atoms with van der Waals surface area (Å²) < 4.78 is 31.7. The molecule has 1 saturated heterocycles. The zero-order chi connectivity index (χ0) is 20.3. The molecular formula is C18H19N3O6S. The number of morpholine rings is 1. The van der Waals surface area contributed by atoms with E-state index in [1.165, 1.54) is 46.8 Å². The third kappa shape index (κ3) is 4.19. The van der Waals surface area contributed by atoms with Crippen molar-refractivity contribution in [2.45, 2.75) is 11.8 Å². The Labute approximate surface area is 162 Å². The molecule has 1 heterocycles. The van der Waals surface area contributed by atoms with Crippen molar-refractivity contribution in [1.82, 2.24) is 4.31 Å². The van der Waals surface area contributed by atoms with E-state index < -0.39 is 20.9 Å². The standard InChI is InChI=1S/C18H19N3O6S/c1-13-2-3-14(12-17(13)21(23)24)18(22)19-15-4-6-16(7-5-15)28(25,26)20-8-10-27-11-9-20/h2-7,12H,8-11H2,1H3,(H,19,22). The van der Waals surface area contributed by atoms with Crippen LogP contribution in [0, 0.1) is 17.0 Å². The maximum Gasteiger partial charge on any atom is 0.273 e. The Morgan fingerprint density at radius 3 is 2.39 bits per heavy atom. The van der Waals surface area contributed by atoms with E-state index in [-0.39, 0.29) is 16.1 Å². The van der Waals surface area contributed by atoms with Crippen molar-refractivity contribution in [3.8, 4) is 0 Å². The van der Waals surface area contributed by atoms with Gasteiger partial charge in [0.15, 0.2) is 0 Å². The minimum Gasteiger partial charge on any atom is -0.379 e. The van der Waals surface area contributed by atoms with Crippen LogP contribution >= 0.6 is 0 Å². The Morgan fingerprint density at radius 2 is 1.79 bits per heavy atom. The summed E-state index contributed by atoms with van der Waals surface area (Å²) in [4.78, 5) is 23.0. The number of hydrogen-bond donors (Lipinski definition) is 1. The summed E-state index contributed by atoms with van der Waals surface area (Å²) in [6, 6.07) is 10.00. The number of benzene rings is 2. The second kappa shape index (κ2) is 8.05. The van der Waals surface area contributed by atoms with E-state index in [9.17, 15) is 23.3 Å². The summed E-state index contributed by atoms with van der Waals surface area (Å²) in [6.07, 6.45) is 0. The molecular weight excluding hydrogens is 386 g/mol. The van der Waals surface area contributed by atoms with Gasteiger partial charge in [0, 0.05) is 36.0 Å². The highest BCUT2D eigenvalue weighted by Gasteiger charge is 2.26. The molecule has 9 nitrogen and oxygen atoms in total. The van der Waals surface area contributed by atoms with Crippen LogP contribution in [0.1, 0.15) is 15.9 Å². The van der Waals surface area contributed by atoms with Crippen molar-refractivity contribution >= 4 is 27.3 Å². The van der Waals surface area contributed by atoms with Crippen molar-refractivity contribution in [2.75, 3.05) is 31.6 Å². The Kier molecular flexibility index (Phi) is 5.73. The van der Waals surface area contributed by atoms with Gasteiger partial charge >= 0.3 is 0 Å². The van der Waals surface area contributed by atoms with Gasteiger partial charge in [-0.15, -0.1) is 0 Å². The molecule has 1 aliphatic rings. The topological polar surface area (TPSA) is 119 Å². The average Bonchev–Trinajstić information content (AvgIpc) is 2.69. The third-order valence-electron chi connectivity index (χ3n) is 4.39. The SMILES string of the molecule is Cc1ccc(C(=O)Nc2ccc(S(=O)(=O)N3CCOCC3)cc2)cc1[N+](=O)[O-]. The fourth-order valence-electron chi connectivity index (χ4n) is 2.80. The fraction of sp³-hybridized carbons (Fsp3) is 0.278. The number of anilines is 1. The van der Waals surface area contributed by atoms with Gasteiger partial charge in [0.25, 0.3) is 11.6 Å². The molecule has 1 amide bonds. The van der Waals surface area contributed by atoms with Gasteiger partial charge < -0.3 is 10.1 Å². The second-order valence-electron chi connectivity index (χ2n) is 6.25. The summed E-state index contributed by atoms with van der Waals surface area (Å²) in [5.41, 5.74) is 0.843. The van der Waals surface area contributed by atoms with Gasteiger partial charge in [0.2, 0.25) is 10.0 Å². The third-order valence-corrected chi connectivity index (χ3v) is 6.30. The van der Waals surface area contributed by atoms with E-state index in [1.54, 1.807) is 6.92 Å². The number of ether oxygens (including phenoxy) is 1. The summed E-state index contributed by atoms with van der Waals surface area (Å²) in [6.45, 7) is 2.90. The lowest BCUT2D eigenvalue weighted by Gasteiger charge is -2.26. The van der Waals surface area contributed by atoms with E-state index in [2.05, 4.69) is 5.32 Å². The van der Waals surface area contributed by atoms with Crippen molar-refractivity contribution in [1.29, 1.82) is 0 Å². The van der Waals surface area contributed by atoms with Crippen LogP contribution in [0.2, 0.25) is 0 Å². The quantitative estimate of drug-likeness (QED) is 0.601. The number of aryl methyl sites for hydroxylation is 1. The van der Waals surface area contributed by atoms with E-state index in [0.29, 0.717) is 37.6 Å². The van der Waals surface area contributed by atoms with Crippen LogP contribution in [-0.4, -0.2) is 49.9 Å². The number of sulfonamides is 1. The molecule has 1 N–H and O–H groups in total. The highest BCUT2D eigenvalue weighted by Crippen LogP contribution is 2.22. The number of hydrogen-bond acceptors (Lipinski definition) is 6. The van der Waals surface area contributed by atoms with Crippen LogP contribution in [0.3, 0.4) is 0 Å². The monoisotopic (exact) mass is 405 g/mol. The van der Waals surface area contributed by atoms with Gasteiger partial charge in [-0.2, -0.15) is 4.31 Å². The molecule has 0 radical (unpaired) electrons. The zero-order valence-corrected chi connectivity index (χ0v) is 15.9. The smallest absolute Gasteiger partial charge is 0.273 e. The van der Waals surface area contributed by atoms with Crippen LogP contribution in [0.15, 0.2) is 47.4 Å².